The summed E-state index contributed by atoms with van der Waals surface area (Å²) in [5.41, 5.74) is 0. The number of nitrogens with one attached hydrogen (secondary N) is 1. The van der Waals surface area contributed by atoms with E-state index in [1.807, 2.05) is 6.92 Å². The molecule has 1 saturated heterocycles. The van der Waals surface area contributed by atoms with E-state index in [4.69, 9.17) is 4.74 Å². The Bertz CT molecular complexity index is 284. The standard InChI is InChI=1S/C16H32N2O2/c1-5-9-17-15(16(19)20-6-2)8-11-18-10-7-13(3)12-14(18)4/h13-15,17H,5-12H2,1-4H3. The Labute approximate surface area is 124 Å². The van der Waals surface area contributed by atoms with Gasteiger partial charge >= 0.3 is 5.97 Å². The van der Waals surface area contributed by atoms with Crippen LogP contribution in [0.2, 0.25) is 0 Å². The van der Waals surface area contributed by atoms with Crippen LogP contribution in [0.4, 0.5) is 0 Å². The highest BCUT2D eigenvalue weighted by molar-refractivity contribution is 5.75. The lowest BCUT2D eigenvalue weighted by molar-refractivity contribution is -0.146. The first-order chi connectivity index (χ1) is 9.58. The van der Waals surface area contributed by atoms with Crippen LogP contribution in [0.3, 0.4) is 0 Å². The zero-order valence-electron chi connectivity index (χ0n) is 13.7. The smallest absolute Gasteiger partial charge is 0.323 e. The molecule has 0 bridgehead atoms. The molecule has 4 nitrogen and oxygen atoms in total. The van der Waals surface area contributed by atoms with Crippen molar-refractivity contribution >= 4 is 5.97 Å². The van der Waals surface area contributed by atoms with Gasteiger partial charge in [-0.1, -0.05) is 13.8 Å². The molecule has 0 saturated carbocycles. The summed E-state index contributed by atoms with van der Waals surface area (Å²) in [4.78, 5) is 14.5. The van der Waals surface area contributed by atoms with E-state index < -0.39 is 0 Å². The third-order valence-corrected chi connectivity index (χ3v) is 4.19. The summed E-state index contributed by atoms with van der Waals surface area (Å²) in [5.74, 6) is 0.735. The summed E-state index contributed by atoms with van der Waals surface area (Å²) < 4.78 is 5.16. The summed E-state index contributed by atoms with van der Waals surface area (Å²) >= 11 is 0. The van der Waals surface area contributed by atoms with Crippen molar-refractivity contribution in [3.63, 3.8) is 0 Å². The monoisotopic (exact) mass is 284 g/mol. The van der Waals surface area contributed by atoms with E-state index in [1.165, 1.54) is 12.8 Å². The molecule has 1 fully saturated rings. The van der Waals surface area contributed by atoms with Gasteiger partial charge in [0.2, 0.25) is 0 Å². The molecule has 0 aromatic heterocycles. The Balaban J connectivity index is 2.42. The zero-order valence-corrected chi connectivity index (χ0v) is 13.7. The van der Waals surface area contributed by atoms with Crippen LogP contribution < -0.4 is 5.32 Å². The largest absolute Gasteiger partial charge is 0.465 e. The summed E-state index contributed by atoms with van der Waals surface area (Å²) in [5, 5.41) is 3.32. The molecular formula is C16H32N2O2. The molecule has 0 radical (unpaired) electrons. The van der Waals surface area contributed by atoms with Crippen LogP contribution in [0.1, 0.15) is 53.4 Å². The lowest BCUT2D eigenvalue weighted by atomic mass is 9.93. The Hall–Kier alpha value is -0.610. The van der Waals surface area contributed by atoms with Crippen molar-refractivity contribution in [1.29, 1.82) is 0 Å². The molecule has 0 aromatic carbocycles. The van der Waals surface area contributed by atoms with E-state index in [1.54, 1.807) is 0 Å². The van der Waals surface area contributed by atoms with Gasteiger partial charge in [0.1, 0.15) is 6.04 Å². The second-order valence-corrected chi connectivity index (χ2v) is 6.06. The van der Waals surface area contributed by atoms with Crippen molar-refractivity contribution in [2.24, 2.45) is 5.92 Å². The number of hydrogen-bond acceptors (Lipinski definition) is 4. The quantitative estimate of drug-likeness (QED) is 0.695. The van der Waals surface area contributed by atoms with Gasteiger partial charge in [-0.25, -0.2) is 0 Å². The Kier molecular flexibility index (Phi) is 8.15. The molecule has 1 rings (SSSR count). The van der Waals surface area contributed by atoms with Gasteiger partial charge in [0.25, 0.3) is 0 Å². The summed E-state index contributed by atoms with van der Waals surface area (Å²) in [7, 11) is 0. The minimum Gasteiger partial charge on any atom is -0.465 e. The Morgan fingerprint density at radius 1 is 1.40 bits per heavy atom. The van der Waals surface area contributed by atoms with Crippen molar-refractivity contribution in [3.8, 4) is 0 Å². The maximum absolute atomic E-state index is 12.0. The number of piperidine rings is 1. The number of likely N-dealkylation sites (tertiary alicyclic amines) is 1. The van der Waals surface area contributed by atoms with E-state index in [0.29, 0.717) is 12.6 Å². The van der Waals surface area contributed by atoms with Gasteiger partial charge in [-0.15, -0.1) is 0 Å². The van der Waals surface area contributed by atoms with Crippen LogP contribution in [0, 0.1) is 5.92 Å². The van der Waals surface area contributed by atoms with Crippen molar-refractivity contribution in [2.45, 2.75) is 65.5 Å². The highest BCUT2D eigenvalue weighted by atomic mass is 16.5. The van der Waals surface area contributed by atoms with E-state index in [9.17, 15) is 4.79 Å². The maximum atomic E-state index is 12.0. The van der Waals surface area contributed by atoms with Crippen molar-refractivity contribution in [1.82, 2.24) is 10.2 Å². The van der Waals surface area contributed by atoms with E-state index >= 15 is 0 Å². The van der Waals surface area contributed by atoms with Crippen molar-refractivity contribution < 1.29 is 9.53 Å². The second kappa shape index (κ2) is 9.35. The van der Waals surface area contributed by atoms with Gasteiger partial charge in [-0.05, 0) is 58.5 Å². The fourth-order valence-corrected chi connectivity index (χ4v) is 2.95. The molecule has 1 aliphatic rings. The summed E-state index contributed by atoms with van der Waals surface area (Å²) in [6, 6.07) is 0.481. The molecule has 20 heavy (non-hydrogen) atoms. The van der Waals surface area contributed by atoms with Crippen LogP contribution in [0.25, 0.3) is 0 Å². The first-order valence-electron chi connectivity index (χ1n) is 8.22. The predicted octanol–water partition coefficient (Wildman–Crippen LogP) is 2.43. The molecule has 1 aliphatic heterocycles. The van der Waals surface area contributed by atoms with Crippen LogP contribution in [-0.2, 0) is 9.53 Å². The maximum Gasteiger partial charge on any atom is 0.323 e. The highest BCUT2D eigenvalue weighted by Gasteiger charge is 2.25. The van der Waals surface area contributed by atoms with Gasteiger partial charge in [0.15, 0.2) is 0 Å². The molecule has 3 atom stereocenters. The Morgan fingerprint density at radius 2 is 2.15 bits per heavy atom. The van der Waals surface area contributed by atoms with Gasteiger partial charge in [0.05, 0.1) is 6.61 Å². The minimum absolute atomic E-state index is 0.0982. The zero-order chi connectivity index (χ0) is 15.0. The molecule has 4 heteroatoms. The SMILES string of the molecule is CCCNC(CCN1CCC(C)CC1C)C(=O)OCC. The molecule has 118 valence electrons. The molecule has 3 unspecified atom stereocenters. The summed E-state index contributed by atoms with van der Waals surface area (Å²) in [6.45, 7) is 12.1. The molecule has 0 spiro atoms. The highest BCUT2D eigenvalue weighted by Crippen LogP contribution is 2.22. The first-order valence-corrected chi connectivity index (χ1v) is 8.22. The normalized spacial score (nSPS) is 25.4. The molecule has 0 amide bonds. The lowest BCUT2D eigenvalue weighted by Crippen LogP contribution is -2.45. The van der Waals surface area contributed by atoms with E-state index in [-0.39, 0.29) is 12.0 Å². The molecular weight excluding hydrogens is 252 g/mol. The van der Waals surface area contributed by atoms with Crippen molar-refractivity contribution in [2.75, 3.05) is 26.2 Å². The van der Waals surface area contributed by atoms with Crippen LogP contribution >= 0.6 is 0 Å². The molecule has 0 aliphatic carbocycles. The molecule has 1 heterocycles. The average molecular weight is 284 g/mol. The third kappa shape index (κ3) is 5.80. The average Bonchev–Trinajstić information content (AvgIpc) is 2.41. The number of carbonyl (C=O) groups is 1. The van der Waals surface area contributed by atoms with Crippen LogP contribution in [0.15, 0.2) is 0 Å². The van der Waals surface area contributed by atoms with Gasteiger partial charge in [-0.3, -0.25) is 4.79 Å². The number of esters is 1. The number of ether oxygens (including phenoxy) is 1. The molecule has 1 N–H and O–H groups in total. The van der Waals surface area contributed by atoms with Gasteiger partial charge in [0, 0.05) is 12.6 Å². The van der Waals surface area contributed by atoms with Gasteiger partial charge < -0.3 is 15.0 Å². The minimum atomic E-state index is -0.151. The number of nitrogens with zero attached hydrogens (tertiary/aromatic N) is 1. The van der Waals surface area contributed by atoms with Gasteiger partial charge in [-0.2, -0.15) is 0 Å². The van der Waals surface area contributed by atoms with E-state index in [2.05, 4.69) is 31.0 Å². The number of hydrogen-bond donors (Lipinski definition) is 1. The topological polar surface area (TPSA) is 41.6 Å². The Morgan fingerprint density at radius 3 is 2.75 bits per heavy atom. The predicted molar refractivity (Wildman–Crippen MR) is 82.8 cm³/mol. The second-order valence-electron chi connectivity index (χ2n) is 6.06. The molecule has 0 aromatic rings. The van der Waals surface area contributed by atoms with Crippen molar-refractivity contribution in [3.05, 3.63) is 0 Å². The van der Waals surface area contributed by atoms with E-state index in [0.717, 1.165) is 38.4 Å². The number of carbonyl (C=O) groups excluding carboxylic acids is 1. The fourth-order valence-electron chi connectivity index (χ4n) is 2.95. The van der Waals surface area contributed by atoms with Crippen LogP contribution in [0.5, 0.6) is 0 Å². The summed E-state index contributed by atoms with van der Waals surface area (Å²) in [6.07, 6.45) is 4.42. The first kappa shape index (κ1) is 17.4. The third-order valence-electron chi connectivity index (χ3n) is 4.19. The number of rotatable bonds is 8. The lowest BCUT2D eigenvalue weighted by Gasteiger charge is -2.37. The van der Waals surface area contributed by atoms with Crippen LogP contribution in [-0.4, -0.2) is 49.2 Å². The fraction of sp³-hybridized carbons (Fsp3) is 0.938.